The summed E-state index contributed by atoms with van der Waals surface area (Å²) >= 11 is 0. The van der Waals surface area contributed by atoms with Crippen molar-refractivity contribution in [1.29, 1.82) is 0 Å². The molecule has 1 aliphatic heterocycles. The molecular formula is C12H24N2O2. The third-order valence-electron chi connectivity index (χ3n) is 3.06. The van der Waals surface area contributed by atoms with E-state index in [0.29, 0.717) is 19.1 Å². The number of hydrogen-bond acceptors (Lipinski definition) is 3. The van der Waals surface area contributed by atoms with Crippen LogP contribution in [0.5, 0.6) is 0 Å². The molecule has 0 bridgehead atoms. The van der Waals surface area contributed by atoms with Crippen LogP contribution < -0.4 is 5.32 Å². The largest absolute Gasteiger partial charge is 0.380 e. The van der Waals surface area contributed by atoms with E-state index in [1.165, 1.54) is 0 Å². The Kier molecular flexibility index (Phi) is 4.74. The van der Waals surface area contributed by atoms with Gasteiger partial charge in [-0.05, 0) is 26.7 Å². The van der Waals surface area contributed by atoms with Crippen LogP contribution in [0.25, 0.3) is 0 Å². The minimum absolute atomic E-state index is 0.0425. The first kappa shape index (κ1) is 13.5. The van der Waals surface area contributed by atoms with E-state index >= 15 is 0 Å². The first-order valence-electron chi connectivity index (χ1n) is 6.15. The van der Waals surface area contributed by atoms with Crippen LogP contribution in [0.2, 0.25) is 0 Å². The predicted molar refractivity (Wildman–Crippen MR) is 64.0 cm³/mol. The van der Waals surface area contributed by atoms with Crippen LogP contribution in [0, 0.1) is 5.92 Å². The Morgan fingerprint density at radius 3 is 2.50 bits per heavy atom. The van der Waals surface area contributed by atoms with E-state index in [1.807, 2.05) is 25.7 Å². The lowest BCUT2D eigenvalue weighted by molar-refractivity contribution is -0.133. The van der Waals surface area contributed by atoms with Gasteiger partial charge in [-0.2, -0.15) is 0 Å². The second-order valence-electron chi connectivity index (χ2n) is 4.82. The second-order valence-corrected chi connectivity index (χ2v) is 4.82. The van der Waals surface area contributed by atoms with E-state index in [0.717, 1.165) is 0 Å². The average molecular weight is 228 g/mol. The SMILES string of the molecule is CCOCC(C)N1C(=O)C(C(C)C)NC1C. The molecule has 4 nitrogen and oxygen atoms in total. The van der Waals surface area contributed by atoms with Gasteiger partial charge in [-0.3, -0.25) is 10.1 Å². The standard InChI is InChI=1S/C12H24N2O2/c1-6-16-7-9(4)14-10(5)13-11(8(2)3)12(14)15/h8-11,13H,6-7H2,1-5H3. The lowest BCUT2D eigenvalue weighted by Gasteiger charge is -2.28. The fourth-order valence-corrected chi connectivity index (χ4v) is 2.21. The molecule has 1 aliphatic rings. The van der Waals surface area contributed by atoms with Gasteiger partial charge in [0.05, 0.1) is 24.9 Å². The summed E-state index contributed by atoms with van der Waals surface area (Å²) in [6, 6.07) is 0.0952. The zero-order valence-electron chi connectivity index (χ0n) is 11.0. The normalized spacial score (nSPS) is 27.9. The molecule has 1 amide bonds. The van der Waals surface area contributed by atoms with Crippen LogP contribution in [-0.4, -0.2) is 42.3 Å². The molecule has 0 radical (unpaired) electrons. The number of carbonyl (C=O) groups excluding carboxylic acids is 1. The number of hydrogen-bond donors (Lipinski definition) is 1. The van der Waals surface area contributed by atoms with E-state index in [9.17, 15) is 4.79 Å². The molecule has 3 atom stereocenters. The van der Waals surface area contributed by atoms with Crippen LogP contribution in [0.4, 0.5) is 0 Å². The first-order valence-corrected chi connectivity index (χ1v) is 6.15. The summed E-state index contributed by atoms with van der Waals surface area (Å²) in [5, 5.41) is 3.33. The fourth-order valence-electron chi connectivity index (χ4n) is 2.21. The Balaban J connectivity index is 2.63. The number of carbonyl (C=O) groups is 1. The minimum Gasteiger partial charge on any atom is -0.380 e. The highest BCUT2D eigenvalue weighted by Gasteiger charge is 2.40. The smallest absolute Gasteiger partial charge is 0.241 e. The molecular weight excluding hydrogens is 204 g/mol. The summed E-state index contributed by atoms with van der Waals surface area (Å²) in [5.74, 6) is 0.536. The second kappa shape index (κ2) is 5.64. The van der Waals surface area contributed by atoms with E-state index in [2.05, 4.69) is 19.2 Å². The summed E-state index contributed by atoms with van der Waals surface area (Å²) in [6.07, 6.45) is 0.107. The van der Waals surface area contributed by atoms with Crippen molar-refractivity contribution in [2.24, 2.45) is 5.92 Å². The Morgan fingerprint density at radius 2 is 2.06 bits per heavy atom. The molecule has 1 heterocycles. The van der Waals surface area contributed by atoms with Crippen molar-refractivity contribution < 1.29 is 9.53 Å². The summed E-state index contributed by atoms with van der Waals surface area (Å²) in [4.78, 5) is 14.1. The Labute approximate surface area is 98.3 Å². The number of ether oxygens (including phenoxy) is 1. The van der Waals surface area contributed by atoms with E-state index in [-0.39, 0.29) is 24.2 Å². The van der Waals surface area contributed by atoms with Crippen molar-refractivity contribution in [3.63, 3.8) is 0 Å². The van der Waals surface area contributed by atoms with Gasteiger partial charge < -0.3 is 9.64 Å². The molecule has 1 saturated heterocycles. The molecule has 1 N–H and O–H groups in total. The molecule has 0 aromatic carbocycles. The van der Waals surface area contributed by atoms with E-state index < -0.39 is 0 Å². The zero-order valence-corrected chi connectivity index (χ0v) is 11.0. The molecule has 0 saturated carbocycles. The number of amides is 1. The van der Waals surface area contributed by atoms with Crippen LogP contribution in [-0.2, 0) is 9.53 Å². The number of rotatable bonds is 5. The summed E-state index contributed by atoms with van der Waals surface area (Å²) in [5.41, 5.74) is 0. The average Bonchev–Trinajstić information content (AvgIpc) is 2.51. The summed E-state index contributed by atoms with van der Waals surface area (Å²) in [6.45, 7) is 11.5. The molecule has 1 fully saturated rings. The maximum Gasteiger partial charge on any atom is 0.241 e. The maximum absolute atomic E-state index is 12.2. The Bertz CT molecular complexity index is 243. The van der Waals surface area contributed by atoms with Crippen molar-refractivity contribution in [1.82, 2.24) is 10.2 Å². The van der Waals surface area contributed by atoms with E-state index in [1.54, 1.807) is 0 Å². The van der Waals surface area contributed by atoms with Gasteiger partial charge in [-0.1, -0.05) is 13.8 Å². The molecule has 94 valence electrons. The lowest BCUT2D eigenvalue weighted by Crippen LogP contribution is -2.44. The van der Waals surface area contributed by atoms with Gasteiger partial charge in [-0.25, -0.2) is 0 Å². The van der Waals surface area contributed by atoms with Gasteiger partial charge in [0.25, 0.3) is 0 Å². The molecule has 0 aromatic rings. The van der Waals surface area contributed by atoms with Gasteiger partial charge in [0, 0.05) is 6.61 Å². The molecule has 4 heteroatoms. The third kappa shape index (κ3) is 2.74. The van der Waals surface area contributed by atoms with Crippen LogP contribution >= 0.6 is 0 Å². The predicted octanol–water partition coefficient (Wildman–Crippen LogP) is 1.21. The highest BCUT2D eigenvalue weighted by molar-refractivity contribution is 5.84. The Hall–Kier alpha value is -0.610. The highest BCUT2D eigenvalue weighted by atomic mass is 16.5. The molecule has 3 unspecified atom stereocenters. The van der Waals surface area contributed by atoms with Crippen molar-refractivity contribution in [2.75, 3.05) is 13.2 Å². The highest BCUT2D eigenvalue weighted by Crippen LogP contribution is 2.19. The van der Waals surface area contributed by atoms with Crippen LogP contribution in [0.15, 0.2) is 0 Å². The van der Waals surface area contributed by atoms with Crippen molar-refractivity contribution in [3.05, 3.63) is 0 Å². The Morgan fingerprint density at radius 1 is 1.44 bits per heavy atom. The van der Waals surface area contributed by atoms with Crippen LogP contribution in [0.3, 0.4) is 0 Å². The van der Waals surface area contributed by atoms with Gasteiger partial charge in [-0.15, -0.1) is 0 Å². The molecule has 16 heavy (non-hydrogen) atoms. The first-order chi connectivity index (χ1) is 7.49. The maximum atomic E-state index is 12.2. The molecule has 0 aromatic heterocycles. The zero-order chi connectivity index (χ0) is 12.3. The lowest BCUT2D eigenvalue weighted by atomic mass is 10.0. The number of nitrogens with one attached hydrogen (secondary N) is 1. The van der Waals surface area contributed by atoms with Crippen molar-refractivity contribution in [2.45, 2.75) is 52.9 Å². The molecule has 0 spiro atoms. The molecule has 1 rings (SSSR count). The minimum atomic E-state index is -0.0425. The van der Waals surface area contributed by atoms with Crippen LogP contribution in [0.1, 0.15) is 34.6 Å². The van der Waals surface area contributed by atoms with Gasteiger partial charge in [0.15, 0.2) is 0 Å². The monoisotopic (exact) mass is 228 g/mol. The van der Waals surface area contributed by atoms with E-state index in [4.69, 9.17) is 4.74 Å². The van der Waals surface area contributed by atoms with Crippen molar-refractivity contribution >= 4 is 5.91 Å². The number of nitrogens with zero attached hydrogens (tertiary/aromatic N) is 1. The fraction of sp³-hybridized carbons (Fsp3) is 0.917. The quantitative estimate of drug-likeness (QED) is 0.769. The van der Waals surface area contributed by atoms with Gasteiger partial charge in [0.1, 0.15) is 0 Å². The van der Waals surface area contributed by atoms with Gasteiger partial charge >= 0.3 is 0 Å². The topological polar surface area (TPSA) is 41.6 Å². The molecule has 0 aliphatic carbocycles. The third-order valence-corrected chi connectivity index (χ3v) is 3.06. The van der Waals surface area contributed by atoms with Crippen molar-refractivity contribution in [3.8, 4) is 0 Å². The van der Waals surface area contributed by atoms with Gasteiger partial charge in [0.2, 0.25) is 5.91 Å². The summed E-state index contributed by atoms with van der Waals surface area (Å²) in [7, 11) is 0. The summed E-state index contributed by atoms with van der Waals surface area (Å²) < 4.78 is 5.38.